The SMILES string of the molecule is C=CC[NH+]1CCN(C(=O)[C@H](C)Oc2cccc(C)c2C)CC1. The smallest absolute Gasteiger partial charge is 0.263 e. The standard InChI is InChI=1S/C18H26N2O2/c1-5-9-19-10-12-20(13-11-19)18(21)16(4)22-17-8-6-7-14(2)15(17)3/h5-8,16H,1,9-13H2,2-4H3/p+1/t16-/m0/s1. The van der Waals surface area contributed by atoms with Crippen molar-refractivity contribution in [1.82, 2.24) is 4.90 Å². The Morgan fingerprint density at radius 3 is 2.73 bits per heavy atom. The average molecular weight is 303 g/mol. The van der Waals surface area contributed by atoms with Crippen molar-refractivity contribution in [3.63, 3.8) is 0 Å². The molecule has 4 heteroatoms. The van der Waals surface area contributed by atoms with E-state index in [1.165, 1.54) is 10.5 Å². The molecule has 120 valence electrons. The Hall–Kier alpha value is -1.81. The lowest BCUT2D eigenvalue weighted by Crippen LogP contribution is -3.14. The molecule has 0 aromatic heterocycles. The number of carbonyl (C=O) groups excluding carboxylic acids is 1. The van der Waals surface area contributed by atoms with Gasteiger partial charge in [-0.05, 0) is 44.0 Å². The van der Waals surface area contributed by atoms with Crippen molar-refractivity contribution in [2.75, 3.05) is 32.7 Å². The molecule has 0 radical (unpaired) electrons. The van der Waals surface area contributed by atoms with E-state index in [0.29, 0.717) is 0 Å². The molecule has 1 heterocycles. The number of piperazine rings is 1. The van der Waals surface area contributed by atoms with Gasteiger partial charge in [-0.2, -0.15) is 0 Å². The largest absolute Gasteiger partial charge is 0.481 e. The van der Waals surface area contributed by atoms with Crippen LogP contribution in [0.15, 0.2) is 30.9 Å². The molecule has 0 bridgehead atoms. The number of quaternary nitrogens is 1. The van der Waals surface area contributed by atoms with Gasteiger partial charge in [0.15, 0.2) is 6.10 Å². The number of hydrogen-bond donors (Lipinski definition) is 1. The first-order valence-corrected chi connectivity index (χ1v) is 7.99. The van der Waals surface area contributed by atoms with E-state index in [2.05, 4.69) is 19.6 Å². The zero-order valence-electron chi connectivity index (χ0n) is 13.9. The van der Waals surface area contributed by atoms with Crippen LogP contribution in [-0.4, -0.2) is 49.6 Å². The normalized spacial score (nSPS) is 17.1. The topological polar surface area (TPSA) is 34.0 Å². The third-order valence-electron chi connectivity index (χ3n) is 4.42. The second-order valence-electron chi connectivity index (χ2n) is 6.03. The zero-order valence-corrected chi connectivity index (χ0v) is 13.9. The van der Waals surface area contributed by atoms with E-state index in [0.717, 1.165) is 44.0 Å². The molecule has 22 heavy (non-hydrogen) atoms. The van der Waals surface area contributed by atoms with Gasteiger partial charge in [-0.25, -0.2) is 0 Å². The quantitative estimate of drug-likeness (QED) is 0.823. The highest BCUT2D eigenvalue weighted by Crippen LogP contribution is 2.22. The highest BCUT2D eigenvalue weighted by molar-refractivity contribution is 5.81. The van der Waals surface area contributed by atoms with Gasteiger partial charge in [0.05, 0.1) is 32.7 Å². The van der Waals surface area contributed by atoms with Crippen LogP contribution in [0.2, 0.25) is 0 Å². The van der Waals surface area contributed by atoms with Gasteiger partial charge in [0.2, 0.25) is 0 Å². The van der Waals surface area contributed by atoms with E-state index in [1.54, 1.807) is 0 Å². The third kappa shape index (κ3) is 3.89. The molecule has 1 aromatic carbocycles. The van der Waals surface area contributed by atoms with Crippen LogP contribution in [0.5, 0.6) is 5.75 Å². The number of ether oxygens (including phenoxy) is 1. The van der Waals surface area contributed by atoms with Gasteiger partial charge in [0.1, 0.15) is 5.75 Å². The first-order chi connectivity index (χ1) is 10.5. The highest BCUT2D eigenvalue weighted by atomic mass is 16.5. The monoisotopic (exact) mass is 303 g/mol. The Morgan fingerprint density at radius 2 is 2.09 bits per heavy atom. The summed E-state index contributed by atoms with van der Waals surface area (Å²) >= 11 is 0. The molecule has 1 fully saturated rings. The van der Waals surface area contributed by atoms with Crippen LogP contribution in [0, 0.1) is 13.8 Å². The molecule has 1 aliphatic heterocycles. The van der Waals surface area contributed by atoms with Gasteiger partial charge in [-0.15, -0.1) is 0 Å². The summed E-state index contributed by atoms with van der Waals surface area (Å²) in [5, 5.41) is 0. The first-order valence-electron chi connectivity index (χ1n) is 7.99. The Labute approximate surface area is 133 Å². The van der Waals surface area contributed by atoms with E-state index in [-0.39, 0.29) is 5.91 Å². The van der Waals surface area contributed by atoms with Crippen LogP contribution in [0.3, 0.4) is 0 Å². The van der Waals surface area contributed by atoms with E-state index in [9.17, 15) is 4.79 Å². The molecule has 1 aromatic rings. The molecular weight excluding hydrogens is 276 g/mol. The molecule has 2 rings (SSSR count). The number of amides is 1. The predicted molar refractivity (Wildman–Crippen MR) is 88.3 cm³/mol. The zero-order chi connectivity index (χ0) is 16.1. The molecule has 1 amide bonds. The van der Waals surface area contributed by atoms with E-state index >= 15 is 0 Å². The second-order valence-corrected chi connectivity index (χ2v) is 6.03. The number of rotatable bonds is 5. The van der Waals surface area contributed by atoms with Gasteiger partial charge in [0, 0.05) is 0 Å². The van der Waals surface area contributed by atoms with Gasteiger partial charge in [-0.1, -0.05) is 18.7 Å². The van der Waals surface area contributed by atoms with Crippen LogP contribution >= 0.6 is 0 Å². The van der Waals surface area contributed by atoms with Crippen molar-refractivity contribution in [2.45, 2.75) is 26.9 Å². The molecular formula is C18H27N2O2+. The van der Waals surface area contributed by atoms with Crippen molar-refractivity contribution >= 4 is 5.91 Å². The van der Waals surface area contributed by atoms with E-state index < -0.39 is 6.10 Å². The van der Waals surface area contributed by atoms with Crippen LogP contribution in [-0.2, 0) is 4.79 Å². The van der Waals surface area contributed by atoms with E-state index in [4.69, 9.17) is 4.74 Å². The minimum Gasteiger partial charge on any atom is -0.481 e. The van der Waals surface area contributed by atoms with E-state index in [1.807, 2.05) is 37.0 Å². The maximum atomic E-state index is 12.5. The van der Waals surface area contributed by atoms with Gasteiger partial charge in [-0.3, -0.25) is 4.79 Å². The third-order valence-corrected chi connectivity index (χ3v) is 4.42. The molecule has 1 aliphatic rings. The molecule has 1 saturated heterocycles. The maximum absolute atomic E-state index is 12.5. The fraction of sp³-hybridized carbons (Fsp3) is 0.500. The fourth-order valence-electron chi connectivity index (χ4n) is 2.80. The lowest BCUT2D eigenvalue weighted by Gasteiger charge is -2.33. The molecule has 0 saturated carbocycles. The summed E-state index contributed by atoms with van der Waals surface area (Å²) in [7, 11) is 0. The molecule has 0 unspecified atom stereocenters. The van der Waals surface area contributed by atoms with Gasteiger partial charge >= 0.3 is 0 Å². The summed E-state index contributed by atoms with van der Waals surface area (Å²) in [4.78, 5) is 15.9. The summed E-state index contributed by atoms with van der Waals surface area (Å²) in [6.45, 7) is 14.2. The second kappa shape index (κ2) is 7.45. The Kier molecular flexibility index (Phi) is 5.61. The van der Waals surface area contributed by atoms with Gasteiger partial charge < -0.3 is 14.5 Å². The number of aryl methyl sites for hydroxylation is 1. The number of hydrogen-bond acceptors (Lipinski definition) is 2. The summed E-state index contributed by atoms with van der Waals surface area (Å²) in [6.07, 6.45) is 1.50. The Morgan fingerprint density at radius 1 is 1.41 bits per heavy atom. The van der Waals surface area contributed by atoms with Crippen molar-refractivity contribution in [2.24, 2.45) is 0 Å². The molecule has 0 spiro atoms. The number of benzene rings is 1. The number of nitrogens with zero attached hydrogens (tertiary/aromatic N) is 1. The van der Waals surface area contributed by atoms with Crippen molar-refractivity contribution in [3.8, 4) is 5.75 Å². The van der Waals surface area contributed by atoms with Crippen LogP contribution < -0.4 is 9.64 Å². The summed E-state index contributed by atoms with van der Waals surface area (Å²) in [5.74, 6) is 0.885. The van der Waals surface area contributed by atoms with Crippen molar-refractivity contribution < 1.29 is 14.4 Å². The minimum atomic E-state index is -0.443. The van der Waals surface area contributed by atoms with Crippen LogP contribution in [0.25, 0.3) is 0 Å². The summed E-state index contributed by atoms with van der Waals surface area (Å²) in [6, 6.07) is 5.95. The molecule has 4 nitrogen and oxygen atoms in total. The fourth-order valence-corrected chi connectivity index (χ4v) is 2.80. The predicted octanol–water partition coefficient (Wildman–Crippen LogP) is 0.984. The van der Waals surface area contributed by atoms with Crippen molar-refractivity contribution in [3.05, 3.63) is 42.0 Å². The average Bonchev–Trinajstić information content (AvgIpc) is 2.52. The van der Waals surface area contributed by atoms with Gasteiger partial charge in [0.25, 0.3) is 5.91 Å². The van der Waals surface area contributed by atoms with Crippen molar-refractivity contribution in [1.29, 1.82) is 0 Å². The molecule has 1 atom stereocenters. The molecule has 1 N–H and O–H groups in total. The highest BCUT2D eigenvalue weighted by Gasteiger charge is 2.27. The number of nitrogens with one attached hydrogen (secondary N) is 1. The lowest BCUT2D eigenvalue weighted by atomic mass is 10.1. The Bertz CT molecular complexity index is 534. The Balaban J connectivity index is 1.92. The minimum absolute atomic E-state index is 0.0820. The van der Waals surface area contributed by atoms with Crippen LogP contribution in [0.1, 0.15) is 18.1 Å². The summed E-state index contributed by atoms with van der Waals surface area (Å²) < 4.78 is 5.90. The lowest BCUT2D eigenvalue weighted by molar-refractivity contribution is -0.898. The summed E-state index contributed by atoms with van der Waals surface area (Å²) in [5.41, 5.74) is 2.28. The van der Waals surface area contributed by atoms with Crippen LogP contribution in [0.4, 0.5) is 0 Å². The number of carbonyl (C=O) groups is 1. The molecule has 0 aliphatic carbocycles. The first kappa shape index (κ1) is 16.6. The maximum Gasteiger partial charge on any atom is 0.263 e.